The number of carbonyl (C=O) groups is 1. The van der Waals surface area contributed by atoms with Crippen molar-refractivity contribution in [3.63, 3.8) is 0 Å². The Morgan fingerprint density at radius 3 is 2.90 bits per heavy atom. The number of hydrogen-bond acceptors (Lipinski definition) is 6. The summed E-state index contributed by atoms with van der Waals surface area (Å²) < 4.78 is 31.1. The van der Waals surface area contributed by atoms with E-state index in [9.17, 15) is 9.18 Å². The maximum atomic E-state index is 13.7. The number of halogens is 1. The van der Waals surface area contributed by atoms with Crippen LogP contribution < -0.4 is 4.74 Å². The van der Waals surface area contributed by atoms with Gasteiger partial charge in [-0.3, -0.25) is 4.79 Å². The van der Waals surface area contributed by atoms with Gasteiger partial charge in [0.25, 0.3) is 5.91 Å². The van der Waals surface area contributed by atoms with Crippen molar-refractivity contribution in [2.75, 3.05) is 26.5 Å². The number of alkyl halides is 1. The average molecular weight is 435 g/mol. The normalized spacial score (nSPS) is 24.0. The third-order valence-electron chi connectivity index (χ3n) is 5.58. The number of aryl methyl sites for hydroxylation is 2. The van der Waals surface area contributed by atoms with Crippen LogP contribution in [0.25, 0.3) is 0 Å². The summed E-state index contributed by atoms with van der Waals surface area (Å²) in [6, 6.07) is 5.25. The minimum atomic E-state index is -1.42. The molecule has 1 aromatic heterocycles. The Balaban J connectivity index is 1.47. The maximum absolute atomic E-state index is 13.7. The third kappa shape index (κ3) is 4.08. The second-order valence-corrected chi connectivity index (χ2v) is 9.61. The second kappa shape index (κ2) is 7.90. The number of piperidine rings is 1. The van der Waals surface area contributed by atoms with E-state index in [1.165, 1.54) is 13.8 Å². The topological polar surface area (TPSA) is 60.9 Å². The minimum absolute atomic E-state index is 0.0372. The van der Waals surface area contributed by atoms with E-state index in [1.807, 2.05) is 19.2 Å². The monoisotopic (exact) mass is 434 g/mol. The van der Waals surface area contributed by atoms with Gasteiger partial charge in [0.1, 0.15) is 36.5 Å². The number of nitrogens with zero attached hydrogens (tertiary/aromatic N) is 2. The third-order valence-corrected chi connectivity index (χ3v) is 6.35. The molecular formula is C22H27FN2O4S. The van der Waals surface area contributed by atoms with Gasteiger partial charge in [-0.25, -0.2) is 9.37 Å². The Morgan fingerprint density at radius 1 is 1.43 bits per heavy atom. The maximum Gasteiger partial charge on any atom is 0.253 e. The Bertz CT molecular complexity index is 941. The van der Waals surface area contributed by atoms with Crippen LogP contribution >= 0.6 is 11.3 Å². The Hall–Kier alpha value is -2.03. The molecular weight excluding hydrogens is 407 g/mol. The molecule has 2 atom stereocenters. The van der Waals surface area contributed by atoms with Gasteiger partial charge in [-0.1, -0.05) is 0 Å². The molecule has 3 heterocycles. The van der Waals surface area contributed by atoms with Gasteiger partial charge >= 0.3 is 0 Å². The van der Waals surface area contributed by atoms with E-state index in [1.54, 1.807) is 34.4 Å². The molecule has 1 aromatic carbocycles. The highest BCUT2D eigenvalue weighted by Gasteiger charge is 2.52. The number of amides is 1. The number of rotatable bonds is 5. The fourth-order valence-corrected chi connectivity index (χ4v) is 4.65. The molecule has 2 saturated heterocycles. The average Bonchev–Trinajstić information content (AvgIpc) is 3.32. The molecule has 0 saturated carbocycles. The lowest BCUT2D eigenvalue weighted by Crippen LogP contribution is -2.53. The molecule has 0 radical (unpaired) electrons. The molecule has 30 heavy (non-hydrogen) atoms. The number of benzene rings is 1. The van der Waals surface area contributed by atoms with Crippen LogP contribution in [-0.4, -0.2) is 54.1 Å². The zero-order valence-corrected chi connectivity index (χ0v) is 18.6. The molecule has 0 aliphatic carbocycles. The zero-order chi connectivity index (χ0) is 21.5. The largest absolute Gasteiger partial charge is 0.490 e. The SMILES string of the molecule is Cc1nc([C@]23CCN(C(=O)c4ccc(OCC(C)(C)F)c(C)c4)CC2OCO3)cs1. The summed E-state index contributed by atoms with van der Waals surface area (Å²) in [5, 5.41) is 3.01. The van der Waals surface area contributed by atoms with Crippen molar-refractivity contribution in [2.45, 2.75) is 51.5 Å². The van der Waals surface area contributed by atoms with Gasteiger partial charge in [0.15, 0.2) is 0 Å². The van der Waals surface area contributed by atoms with Crippen molar-refractivity contribution in [1.82, 2.24) is 9.88 Å². The first-order chi connectivity index (χ1) is 14.2. The lowest BCUT2D eigenvalue weighted by Gasteiger charge is -2.40. The standard InChI is InChI=1S/C22H27FN2O4S/c1-14-9-16(5-6-17(14)27-12-21(3,4)23)20(26)25-8-7-22(18-11-30-15(2)24-18)19(10-25)28-13-29-22/h5-6,9,11,19H,7-8,10,12-13H2,1-4H3/t19?,22-/m1/s1. The number of aromatic nitrogens is 1. The van der Waals surface area contributed by atoms with Crippen LogP contribution in [0.1, 0.15) is 46.9 Å². The Morgan fingerprint density at radius 2 is 2.23 bits per heavy atom. The summed E-state index contributed by atoms with van der Waals surface area (Å²) >= 11 is 1.59. The Kier molecular flexibility index (Phi) is 5.59. The lowest BCUT2D eigenvalue weighted by molar-refractivity contribution is -0.0466. The fraction of sp³-hybridized carbons (Fsp3) is 0.545. The highest BCUT2D eigenvalue weighted by atomic mass is 32.1. The molecule has 162 valence electrons. The van der Waals surface area contributed by atoms with Crippen molar-refractivity contribution in [1.29, 1.82) is 0 Å². The predicted molar refractivity (Wildman–Crippen MR) is 112 cm³/mol. The van der Waals surface area contributed by atoms with Crippen molar-refractivity contribution in [2.24, 2.45) is 0 Å². The van der Waals surface area contributed by atoms with Gasteiger partial charge < -0.3 is 19.1 Å². The number of thiazole rings is 1. The van der Waals surface area contributed by atoms with Crippen LogP contribution in [0.3, 0.4) is 0 Å². The first-order valence-corrected chi connectivity index (χ1v) is 11.0. The van der Waals surface area contributed by atoms with Gasteiger partial charge in [-0.15, -0.1) is 11.3 Å². The van der Waals surface area contributed by atoms with E-state index in [-0.39, 0.29) is 25.4 Å². The van der Waals surface area contributed by atoms with Crippen LogP contribution in [-0.2, 0) is 15.1 Å². The van der Waals surface area contributed by atoms with E-state index < -0.39 is 11.3 Å². The molecule has 4 rings (SSSR count). The summed E-state index contributed by atoms with van der Waals surface area (Å²) in [6.45, 7) is 7.95. The summed E-state index contributed by atoms with van der Waals surface area (Å²) in [4.78, 5) is 19.6. The summed E-state index contributed by atoms with van der Waals surface area (Å²) in [5.41, 5.74) is 0.284. The predicted octanol–water partition coefficient (Wildman–Crippen LogP) is 4.00. The lowest BCUT2D eigenvalue weighted by atomic mass is 9.85. The molecule has 0 spiro atoms. The molecule has 2 aliphatic rings. The van der Waals surface area contributed by atoms with Crippen LogP contribution in [0.2, 0.25) is 0 Å². The first-order valence-electron chi connectivity index (χ1n) is 10.1. The summed E-state index contributed by atoms with van der Waals surface area (Å²) in [7, 11) is 0. The van der Waals surface area contributed by atoms with Crippen LogP contribution in [0.4, 0.5) is 4.39 Å². The molecule has 0 N–H and O–H groups in total. The quantitative estimate of drug-likeness (QED) is 0.712. The van der Waals surface area contributed by atoms with Gasteiger partial charge in [0.2, 0.25) is 0 Å². The summed E-state index contributed by atoms with van der Waals surface area (Å²) in [5.74, 6) is 0.524. The second-order valence-electron chi connectivity index (χ2n) is 8.55. The van der Waals surface area contributed by atoms with Gasteiger partial charge in [-0.05, 0) is 51.5 Å². The molecule has 6 nitrogen and oxygen atoms in total. The van der Waals surface area contributed by atoms with E-state index in [2.05, 4.69) is 4.98 Å². The van der Waals surface area contributed by atoms with E-state index >= 15 is 0 Å². The molecule has 2 aliphatic heterocycles. The number of carbonyl (C=O) groups excluding carboxylic acids is 1. The van der Waals surface area contributed by atoms with E-state index in [0.29, 0.717) is 30.8 Å². The van der Waals surface area contributed by atoms with Crippen molar-refractivity contribution >= 4 is 17.2 Å². The Labute approximate surface area is 180 Å². The van der Waals surface area contributed by atoms with E-state index in [4.69, 9.17) is 14.2 Å². The fourth-order valence-electron chi connectivity index (χ4n) is 3.96. The number of ether oxygens (including phenoxy) is 3. The molecule has 2 aromatic rings. The highest BCUT2D eigenvalue weighted by molar-refractivity contribution is 7.09. The van der Waals surface area contributed by atoms with Crippen molar-refractivity contribution in [3.05, 3.63) is 45.4 Å². The molecule has 2 fully saturated rings. The van der Waals surface area contributed by atoms with Crippen LogP contribution in [0, 0.1) is 13.8 Å². The zero-order valence-electron chi connectivity index (χ0n) is 17.7. The summed E-state index contributed by atoms with van der Waals surface area (Å²) in [6.07, 6.45) is 0.394. The van der Waals surface area contributed by atoms with Crippen molar-refractivity contribution in [3.8, 4) is 5.75 Å². The number of hydrogen-bond donors (Lipinski definition) is 0. The minimum Gasteiger partial charge on any atom is -0.490 e. The number of likely N-dealkylation sites (tertiary alicyclic amines) is 1. The van der Waals surface area contributed by atoms with Gasteiger partial charge in [0, 0.05) is 23.9 Å². The number of fused-ring (bicyclic) bond motifs is 1. The van der Waals surface area contributed by atoms with Crippen LogP contribution in [0.5, 0.6) is 5.75 Å². The first kappa shape index (κ1) is 21.2. The molecule has 0 bridgehead atoms. The molecule has 1 unspecified atom stereocenters. The van der Waals surface area contributed by atoms with Gasteiger partial charge in [-0.2, -0.15) is 0 Å². The van der Waals surface area contributed by atoms with Gasteiger partial charge in [0.05, 0.1) is 17.2 Å². The molecule has 1 amide bonds. The highest BCUT2D eigenvalue weighted by Crippen LogP contribution is 2.43. The van der Waals surface area contributed by atoms with Crippen molar-refractivity contribution < 1.29 is 23.4 Å². The molecule has 8 heteroatoms. The van der Waals surface area contributed by atoms with Crippen LogP contribution in [0.15, 0.2) is 23.6 Å². The smallest absolute Gasteiger partial charge is 0.253 e. The van der Waals surface area contributed by atoms with E-state index in [0.717, 1.165) is 16.3 Å².